The molecule has 4 aromatic rings. The molecule has 1 aliphatic heterocycles. The maximum absolute atomic E-state index is 11.6. The Labute approximate surface area is 179 Å². The molecule has 8 nitrogen and oxygen atoms in total. The van der Waals surface area contributed by atoms with Crippen molar-refractivity contribution in [3.63, 3.8) is 0 Å². The molecule has 0 radical (unpaired) electrons. The van der Waals surface area contributed by atoms with Crippen molar-refractivity contribution in [2.75, 3.05) is 39.5 Å². The zero-order valence-electron chi connectivity index (χ0n) is 17.0. The number of aromatic nitrogens is 4. The van der Waals surface area contributed by atoms with E-state index in [1.54, 1.807) is 23.0 Å². The monoisotopic (exact) mass is 417 g/mol. The van der Waals surface area contributed by atoms with E-state index in [9.17, 15) is 4.79 Å². The van der Waals surface area contributed by atoms with Gasteiger partial charge in [0.05, 0.1) is 19.4 Å². The number of benzene rings is 1. The highest BCUT2D eigenvalue weighted by atomic mass is 16.5. The second-order valence-electron chi connectivity index (χ2n) is 7.44. The summed E-state index contributed by atoms with van der Waals surface area (Å²) >= 11 is 0. The summed E-state index contributed by atoms with van der Waals surface area (Å²) in [6.45, 7) is 5.09. The molecule has 0 amide bonds. The van der Waals surface area contributed by atoms with Crippen LogP contribution in [-0.4, -0.2) is 63.9 Å². The number of rotatable bonds is 6. The van der Waals surface area contributed by atoms with Crippen molar-refractivity contribution in [1.29, 1.82) is 0 Å². The molecule has 0 atom stereocenters. The lowest BCUT2D eigenvalue weighted by atomic mass is 10.1. The minimum atomic E-state index is -0.152. The highest BCUT2D eigenvalue weighted by molar-refractivity contribution is 5.77. The minimum Gasteiger partial charge on any atom is -0.492 e. The number of ether oxygens (including phenoxy) is 2. The van der Waals surface area contributed by atoms with E-state index in [0.29, 0.717) is 12.3 Å². The Morgan fingerprint density at radius 3 is 2.68 bits per heavy atom. The lowest BCUT2D eigenvalue weighted by Crippen LogP contribution is -2.38. The van der Waals surface area contributed by atoms with Gasteiger partial charge in [0.2, 0.25) is 5.56 Å². The molecule has 1 fully saturated rings. The second-order valence-corrected chi connectivity index (χ2v) is 7.44. The lowest BCUT2D eigenvalue weighted by Gasteiger charge is -2.26. The Balaban J connectivity index is 1.28. The van der Waals surface area contributed by atoms with Crippen LogP contribution in [0.4, 0.5) is 0 Å². The van der Waals surface area contributed by atoms with Crippen molar-refractivity contribution < 1.29 is 9.47 Å². The summed E-state index contributed by atoms with van der Waals surface area (Å²) in [5.74, 6) is 0.849. The van der Waals surface area contributed by atoms with E-state index in [-0.39, 0.29) is 5.56 Å². The molecule has 1 N–H and O–H groups in total. The van der Waals surface area contributed by atoms with Crippen LogP contribution in [0.3, 0.4) is 0 Å². The van der Waals surface area contributed by atoms with Crippen LogP contribution in [0.15, 0.2) is 66.0 Å². The zero-order valence-corrected chi connectivity index (χ0v) is 17.0. The summed E-state index contributed by atoms with van der Waals surface area (Å²) in [5, 5.41) is 4.42. The van der Waals surface area contributed by atoms with Gasteiger partial charge in [-0.15, -0.1) is 0 Å². The van der Waals surface area contributed by atoms with Gasteiger partial charge < -0.3 is 14.5 Å². The van der Waals surface area contributed by atoms with Crippen LogP contribution >= 0.6 is 0 Å². The molecule has 0 spiro atoms. The van der Waals surface area contributed by atoms with Gasteiger partial charge in [-0.1, -0.05) is 12.1 Å². The van der Waals surface area contributed by atoms with Gasteiger partial charge in [0.15, 0.2) is 5.65 Å². The van der Waals surface area contributed by atoms with Crippen molar-refractivity contribution in [1.82, 2.24) is 24.5 Å². The van der Waals surface area contributed by atoms with E-state index in [0.717, 1.165) is 60.9 Å². The van der Waals surface area contributed by atoms with Crippen molar-refractivity contribution in [3.05, 3.63) is 71.5 Å². The quantitative estimate of drug-likeness (QED) is 0.519. The van der Waals surface area contributed by atoms with Crippen LogP contribution in [-0.2, 0) is 4.74 Å². The Hall–Kier alpha value is -3.49. The van der Waals surface area contributed by atoms with E-state index in [1.807, 2.05) is 42.7 Å². The van der Waals surface area contributed by atoms with E-state index < -0.39 is 0 Å². The molecule has 0 aliphatic carbocycles. The predicted octanol–water partition coefficient (Wildman–Crippen LogP) is 2.46. The fourth-order valence-electron chi connectivity index (χ4n) is 3.70. The molecule has 1 saturated heterocycles. The SMILES string of the molecule is O=c1cc(-c2cnn3cc(-c4ccc(OCCN5CCOCC5)cc4)cnc23)cc[nH]1. The Morgan fingerprint density at radius 2 is 1.87 bits per heavy atom. The Kier molecular flexibility index (Phi) is 5.47. The maximum atomic E-state index is 11.6. The molecule has 0 bridgehead atoms. The van der Waals surface area contributed by atoms with Crippen LogP contribution in [0, 0.1) is 0 Å². The topological polar surface area (TPSA) is 84.8 Å². The molecule has 3 aromatic heterocycles. The third kappa shape index (κ3) is 4.35. The number of nitrogens with one attached hydrogen (secondary N) is 1. The van der Waals surface area contributed by atoms with Gasteiger partial charge in [0.1, 0.15) is 12.4 Å². The third-order valence-electron chi connectivity index (χ3n) is 5.41. The van der Waals surface area contributed by atoms with E-state index in [4.69, 9.17) is 9.47 Å². The lowest BCUT2D eigenvalue weighted by molar-refractivity contribution is 0.0322. The summed E-state index contributed by atoms with van der Waals surface area (Å²) < 4.78 is 13.0. The number of pyridine rings is 1. The molecule has 5 rings (SSSR count). The minimum absolute atomic E-state index is 0.152. The van der Waals surface area contributed by atoms with Gasteiger partial charge in [0.25, 0.3) is 0 Å². The Morgan fingerprint density at radius 1 is 1.03 bits per heavy atom. The summed E-state index contributed by atoms with van der Waals surface area (Å²) in [5.41, 5.74) is 4.15. The van der Waals surface area contributed by atoms with Crippen LogP contribution in [0.1, 0.15) is 0 Å². The summed E-state index contributed by atoms with van der Waals surface area (Å²) in [6, 6.07) is 11.4. The van der Waals surface area contributed by atoms with Gasteiger partial charge in [-0.3, -0.25) is 9.69 Å². The highest BCUT2D eigenvalue weighted by Gasteiger charge is 2.11. The first-order valence-electron chi connectivity index (χ1n) is 10.3. The molecule has 1 aromatic carbocycles. The highest BCUT2D eigenvalue weighted by Crippen LogP contribution is 2.25. The first kappa shape index (κ1) is 19.5. The predicted molar refractivity (Wildman–Crippen MR) is 117 cm³/mol. The molecular formula is C23H23N5O3. The van der Waals surface area contributed by atoms with E-state index >= 15 is 0 Å². The molecule has 8 heteroatoms. The molecule has 0 unspecified atom stereocenters. The molecule has 1 aliphatic rings. The number of fused-ring (bicyclic) bond motifs is 1. The first-order valence-corrected chi connectivity index (χ1v) is 10.3. The summed E-state index contributed by atoms with van der Waals surface area (Å²) in [6.07, 6.45) is 7.11. The number of morpholine rings is 1. The van der Waals surface area contributed by atoms with Crippen LogP contribution < -0.4 is 10.3 Å². The summed E-state index contributed by atoms with van der Waals surface area (Å²) in [4.78, 5) is 21.2. The smallest absolute Gasteiger partial charge is 0.248 e. The fraction of sp³-hybridized carbons (Fsp3) is 0.261. The molecule has 0 saturated carbocycles. The normalized spacial score (nSPS) is 14.7. The van der Waals surface area contributed by atoms with Crippen molar-refractivity contribution in [3.8, 4) is 28.0 Å². The second kappa shape index (κ2) is 8.71. The fourth-order valence-corrected chi connectivity index (χ4v) is 3.70. The van der Waals surface area contributed by atoms with Gasteiger partial charge in [0, 0.05) is 55.4 Å². The van der Waals surface area contributed by atoms with Crippen LogP contribution in [0.2, 0.25) is 0 Å². The number of hydrogen-bond acceptors (Lipinski definition) is 6. The average Bonchev–Trinajstić information content (AvgIpc) is 3.24. The third-order valence-corrected chi connectivity index (χ3v) is 5.41. The largest absolute Gasteiger partial charge is 0.492 e. The molecule has 4 heterocycles. The van der Waals surface area contributed by atoms with Gasteiger partial charge >= 0.3 is 0 Å². The van der Waals surface area contributed by atoms with Crippen molar-refractivity contribution in [2.45, 2.75) is 0 Å². The van der Waals surface area contributed by atoms with E-state index in [1.165, 1.54) is 0 Å². The maximum Gasteiger partial charge on any atom is 0.248 e. The molecule has 158 valence electrons. The number of H-pyrrole nitrogens is 1. The van der Waals surface area contributed by atoms with E-state index in [2.05, 4.69) is 20.0 Å². The van der Waals surface area contributed by atoms with Crippen molar-refractivity contribution in [2.24, 2.45) is 0 Å². The standard InChI is InChI=1S/C23H23N5O3/c29-22-13-18(5-6-24-22)21-15-26-28-16-19(14-25-23(21)28)17-1-3-20(4-2-17)31-12-9-27-7-10-30-11-8-27/h1-6,13-16H,7-12H2,(H,24,29). The number of aromatic amines is 1. The molecular weight excluding hydrogens is 394 g/mol. The van der Waals surface area contributed by atoms with Gasteiger partial charge in [-0.05, 0) is 29.3 Å². The van der Waals surface area contributed by atoms with Gasteiger partial charge in [-0.25, -0.2) is 9.50 Å². The van der Waals surface area contributed by atoms with Crippen LogP contribution in [0.5, 0.6) is 5.75 Å². The Bertz CT molecular complexity index is 1230. The van der Waals surface area contributed by atoms with Crippen LogP contribution in [0.25, 0.3) is 27.9 Å². The zero-order chi connectivity index (χ0) is 21.0. The average molecular weight is 417 g/mol. The van der Waals surface area contributed by atoms with Crippen molar-refractivity contribution >= 4 is 5.65 Å². The molecule has 31 heavy (non-hydrogen) atoms. The summed E-state index contributed by atoms with van der Waals surface area (Å²) in [7, 11) is 0. The number of nitrogens with zero attached hydrogens (tertiary/aromatic N) is 4. The number of hydrogen-bond donors (Lipinski definition) is 1. The first-order chi connectivity index (χ1) is 15.3. The van der Waals surface area contributed by atoms with Gasteiger partial charge in [-0.2, -0.15) is 5.10 Å².